The van der Waals surface area contributed by atoms with Crippen molar-refractivity contribution in [3.8, 4) is 6.07 Å². The highest BCUT2D eigenvalue weighted by atomic mass is 16.6. The monoisotopic (exact) mass is 375 g/mol. The molecule has 0 N–H and O–H groups in total. The maximum absolute atomic E-state index is 11.3. The van der Waals surface area contributed by atoms with Crippen molar-refractivity contribution in [3.05, 3.63) is 86.6 Å². The first-order valence-corrected chi connectivity index (χ1v) is 9.23. The molecule has 28 heavy (non-hydrogen) atoms. The fraction of sp³-hybridized carbons (Fsp3) is 0.273. The lowest BCUT2D eigenvalue weighted by Gasteiger charge is -2.32. The Morgan fingerprint density at radius 1 is 1.21 bits per heavy atom. The van der Waals surface area contributed by atoms with E-state index < -0.39 is 10.8 Å². The van der Waals surface area contributed by atoms with Gasteiger partial charge < -0.3 is 4.74 Å². The first-order chi connectivity index (χ1) is 13.6. The standard InChI is InChI=1S/C22H21N3O3/c1-3-17-18-10-5-6-11-19(18)21(15-8-7-9-16(12-15)25(26)27)20(13-23)22(17)24-14-28-4-2/h5-12,14,17,21H,3-4H2,1-2H3. The van der Waals surface area contributed by atoms with E-state index in [1.807, 2.05) is 37.3 Å². The maximum Gasteiger partial charge on any atom is 0.269 e. The number of nitro groups is 1. The zero-order valence-corrected chi connectivity index (χ0v) is 15.8. The molecule has 2 aromatic rings. The SMILES string of the molecule is CCOC=NC1=C(C#N)C(c2cccc([N+](=O)[O-])c2)c2ccccc2C1CC. The van der Waals surface area contributed by atoms with Crippen LogP contribution in [0.15, 0.2) is 64.8 Å². The molecule has 0 aliphatic heterocycles. The first-order valence-electron chi connectivity index (χ1n) is 9.23. The summed E-state index contributed by atoms with van der Waals surface area (Å²) in [6, 6.07) is 16.7. The van der Waals surface area contributed by atoms with Gasteiger partial charge in [-0.3, -0.25) is 10.1 Å². The van der Waals surface area contributed by atoms with Crippen molar-refractivity contribution in [1.82, 2.24) is 0 Å². The van der Waals surface area contributed by atoms with Crippen molar-refractivity contribution in [1.29, 1.82) is 5.26 Å². The number of fused-ring (bicyclic) bond motifs is 1. The van der Waals surface area contributed by atoms with Crippen molar-refractivity contribution in [2.45, 2.75) is 32.1 Å². The average molecular weight is 375 g/mol. The minimum atomic E-state index is -0.420. The van der Waals surface area contributed by atoms with Gasteiger partial charge in [-0.1, -0.05) is 43.3 Å². The molecule has 0 spiro atoms. The molecular weight excluding hydrogens is 354 g/mol. The number of allylic oxidation sites excluding steroid dienone is 2. The first kappa shape index (κ1) is 19.3. The summed E-state index contributed by atoms with van der Waals surface area (Å²) < 4.78 is 5.28. The Kier molecular flexibility index (Phi) is 5.85. The Balaban J connectivity index is 2.26. The lowest BCUT2D eigenvalue weighted by molar-refractivity contribution is -0.384. The molecule has 0 fully saturated rings. The van der Waals surface area contributed by atoms with Crippen LogP contribution in [0.4, 0.5) is 5.69 Å². The normalized spacial score (nSPS) is 18.6. The summed E-state index contributed by atoms with van der Waals surface area (Å²) >= 11 is 0. The van der Waals surface area contributed by atoms with Crippen molar-refractivity contribution < 1.29 is 9.66 Å². The number of non-ortho nitro benzene ring substituents is 1. The van der Waals surface area contributed by atoms with Crippen molar-refractivity contribution in [2.75, 3.05) is 6.61 Å². The molecule has 1 aliphatic rings. The minimum Gasteiger partial charge on any atom is -0.483 e. The number of ether oxygens (including phenoxy) is 1. The number of nitro benzene ring substituents is 1. The highest BCUT2D eigenvalue weighted by molar-refractivity contribution is 5.61. The van der Waals surface area contributed by atoms with E-state index in [0.29, 0.717) is 23.4 Å². The van der Waals surface area contributed by atoms with Crippen LogP contribution >= 0.6 is 0 Å². The van der Waals surface area contributed by atoms with Gasteiger partial charge in [-0.15, -0.1) is 0 Å². The molecule has 6 heteroatoms. The van der Waals surface area contributed by atoms with Gasteiger partial charge in [-0.2, -0.15) is 5.26 Å². The van der Waals surface area contributed by atoms with E-state index in [0.717, 1.165) is 17.5 Å². The molecule has 142 valence electrons. The molecule has 0 bridgehead atoms. The summed E-state index contributed by atoms with van der Waals surface area (Å²) in [6.45, 7) is 4.41. The third-order valence-corrected chi connectivity index (χ3v) is 4.95. The van der Waals surface area contributed by atoms with Crippen LogP contribution in [0, 0.1) is 21.4 Å². The van der Waals surface area contributed by atoms with Gasteiger partial charge in [0.2, 0.25) is 0 Å². The molecule has 0 radical (unpaired) electrons. The molecule has 0 heterocycles. The van der Waals surface area contributed by atoms with Crippen LogP contribution in [0.3, 0.4) is 0 Å². The summed E-state index contributed by atoms with van der Waals surface area (Å²) in [5.41, 5.74) is 3.95. The van der Waals surface area contributed by atoms with E-state index >= 15 is 0 Å². The second kappa shape index (κ2) is 8.49. The minimum absolute atomic E-state index is 0.00394. The fourth-order valence-corrected chi connectivity index (χ4v) is 3.76. The van der Waals surface area contributed by atoms with Crippen LogP contribution in [-0.4, -0.2) is 17.9 Å². The zero-order valence-electron chi connectivity index (χ0n) is 15.8. The Labute approximate surface area is 163 Å². The van der Waals surface area contributed by atoms with E-state index in [1.54, 1.807) is 6.07 Å². The van der Waals surface area contributed by atoms with Gasteiger partial charge in [0, 0.05) is 24.0 Å². The Morgan fingerprint density at radius 3 is 2.61 bits per heavy atom. The number of nitrogens with zero attached hydrogens (tertiary/aromatic N) is 3. The summed E-state index contributed by atoms with van der Waals surface area (Å²) in [5, 5.41) is 21.3. The van der Waals surface area contributed by atoms with Gasteiger partial charge in [-0.05, 0) is 30.0 Å². The van der Waals surface area contributed by atoms with E-state index in [-0.39, 0.29) is 11.6 Å². The van der Waals surface area contributed by atoms with Crippen LogP contribution < -0.4 is 0 Å². The molecule has 2 aromatic carbocycles. The molecule has 1 aliphatic carbocycles. The summed E-state index contributed by atoms with van der Waals surface area (Å²) in [6.07, 6.45) is 2.16. The van der Waals surface area contributed by atoms with Gasteiger partial charge in [0.25, 0.3) is 5.69 Å². The second-order valence-electron chi connectivity index (χ2n) is 6.48. The molecule has 0 saturated heterocycles. The van der Waals surface area contributed by atoms with Crippen molar-refractivity contribution in [2.24, 2.45) is 4.99 Å². The van der Waals surface area contributed by atoms with Crippen LogP contribution in [0.5, 0.6) is 0 Å². The molecule has 0 amide bonds. The fourth-order valence-electron chi connectivity index (χ4n) is 3.76. The number of aliphatic imine (C=N–C) groups is 1. The van der Waals surface area contributed by atoms with Crippen molar-refractivity contribution in [3.63, 3.8) is 0 Å². The highest BCUT2D eigenvalue weighted by Crippen LogP contribution is 2.47. The third-order valence-electron chi connectivity index (χ3n) is 4.95. The topological polar surface area (TPSA) is 88.5 Å². The quantitative estimate of drug-likeness (QED) is 0.305. The van der Waals surface area contributed by atoms with Crippen LogP contribution in [0.2, 0.25) is 0 Å². The smallest absolute Gasteiger partial charge is 0.269 e. The summed E-state index contributed by atoms with van der Waals surface area (Å²) in [5.74, 6) is -0.435. The lowest BCUT2D eigenvalue weighted by Crippen LogP contribution is -2.19. The average Bonchev–Trinajstić information content (AvgIpc) is 2.72. The van der Waals surface area contributed by atoms with Gasteiger partial charge in [0.1, 0.15) is 0 Å². The molecule has 3 rings (SSSR count). The third kappa shape index (κ3) is 3.52. The predicted molar refractivity (Wildman–Crippen MR) is 107 cm³/mol. The largest absolute Gasteiger partial charge is 0.483 e. The Hall–Kier alpha value is -3.46. The van der Waals surface area contributed by atoms with Crippen LogP contribution in [0.1, 0.15) is 48.8 Å². The van der Waals surface area contributed by atoms with Gasteiger partial charge in [0.15, 0.2) is 6.40 Å². The molecular formula is C22H21N3O3. The van der Waals surface area contributed by atoms with Gasteiger partial charge >= 0.3 is 0 Å². The van der Waals surface area contributed by atoms with Crippen LogP contribution in [-0.2, 0) is 4.74 Å². The summed E-state index contributed by atoms with van der Waals surface area (Å²) in [7, 11) is 0. The number of hydrogen-bond donors (Lipinski definition) is 0. The van der Waals surface area contributed by atoms with E-state index in [4.69, 9.17) is 4.74 Å². The number of rotatable bonds is 6. The predicted octanol–water partition coefficient (Wildman–Crippen LogP) is 5.08. The highest BCUT2D eigenvalue weighted by Gasteiger charge is 2.35. The molecule has 2 atom stereocenters. The molecule has 0 aromatic heterocycles. The van der Waals surface area contributed by atoms with Gasteiger partial charge in [0.05, 0.1) is 28.9 Å². The summed E-state index contributed by atoms with van der Waals surface area (Å²) in [4.78, 5) is 15.3. The molecule has 0 saturated carbocycles. The Bertz CT molecular complexity index is 989. The number of nitriles is 1. The van der Waals surface area contributed by atoms with E-state index in [9.17, 15) is 15.4 Å². The number of benzene rings is 2. The Morgan fingerprint density at radius 2 is 1.96 bits per heavy atom. The molecule has 6 nitrogen and oxygen atoms in total. The maximum atomic E-state index is 11.3. The number of hydrogen-bond acceptors (Lipinski definition) is 5. The van der Waals surface area contributed by atoms with Crippen LogP contribution in [0.25, 0.3) is 0 Å². The van der Waals surface area contributed by atoms with E-state index in [2.05, 4.69) is 18.0 Å². The van der Waals surface area contributed by atoms with E-state index in [1.165, 1.54) is 18.5 Å². The van der Waals surface area contributed by atoms with Crippen molar-refractivity contribution >= 4 is 12.1 Å². The zero-order chi connectivity index (χ0) is 20.1. The van der Waals surface area contributed by atoms with Gasteiger partial charge in [-0.25, -0.2) is 4.99 Å². The molecule has 2 unspecified atom stereocenters. The lowest BCUT2D eigenvalue weighted by atomic mass is 9.72. The second-order valence-corrected chi connectivity index (χ2v) is 6.48.